The summed E-state index contributed by atoms with van der Waals surface area (Å²) in [7, 11) is 0. The Kier molecular flexibility index (Phi) is 2.79. The number of carbonyl (C=O) groups is 1. The van der Waals surface area contributed by atoms with Gasteiger partial charge in [-0.05, 0) is 39.3 Å². The molecule has 7 nitrogen and oxygen atoms in total. The molecule has 120 valence electrons. The second-order valence-electron chi connectivity index (χ2n) is 7.06. The van der Waals surface area contributed by atoms with E-state index in [1.807, 2.05) is 20.8 Å². The van der Waals surface area contributed by atoms with Crippen LogP contribution in [0.5, 0.6) is 5.75 Å². The first kappa shape index (κ1) is 14.2. The minimum atomic E-state index is -0.465. The summed E-state index contributed by atoms with van der Waals surface area (Å²) in [4.78, 5) is 27.0. The zero-order valence-corrected chi connectivity index (χ0v) is 13.4. The summed E-state index contributed by atoms with van der Waals surface area (Å²) in [5, 5.41) is 8.55. The van der Waals surface area contributed by atoms with Gasteiger partial charge in [-0.2, -0.15) is 0 Å². The van der Waals surface area contributed by atoms with Crippen molar-refractivity contribution in [2.75, 3.05) is 6.54 Å². The lowest BCUT2D eigenvalue weighted by Crippen LogP contribution is -2.43. The van der Waals surface area contributed by atoms with Gasteiger partial charge in [-0.15, -0.1) is 5.10 Å². The highest BCUT2D eigenvalue weighted by Crippen LogP contribution is 2.34. The number of benzene rings is 1. The third-order valence-corrected chi connectivity index (χ3v) is 4.35. The first-order valence-corrected chi connectivity index (χ1v) is 7.78. The molecule has 0 N–H and O–H groups in total. The molecule has 1 aromatic heterocycles. The van der Waals surface area contributed by atoms with Crippen LogP contribution in [0.15, 0.2) is 16.9 Å². The Labute approximate surface area is 132 Å². The van der Waals surface area contributed by atoms with E-state index in [4.69, 9.17) is 4.74 Å². The van der Waals surface area contributed by atoms with Crippen LogP contribution in [0.2, 0.25) is 0 Å². The van der Waals surface area contributed by atoms with Crippen LogP contribution in [0.1, 0.15) is 44.0 Å². The van der Waals surface area contributed by atoms with Crippen LogP contribution in [-0.2, 0) is 5.54 Å². The molecular weight excluding hydrogens is 296 g/mol. The van der Waals surface area contributed by atoms with Crippen molar-refractivity contribution in [1.29, 1.82) is 0 Å². The van der Waals surface area contributed by atoms with Crippen molar-refractivity contribution in [3.63, 3.8) is 0 Å². The van der Waals surface area contributed by atoms with Crippen LogP contribution in [0.3, 0.4) is 0 Å². The van der Waals surface area contributed by atoms with E-state index in [1.54, 1.807) is 17.0 Å². The molecule has 3 heterocycles. The zero-order valence-electron chi connectivity index (χ0n) is 13.4. The molecule has 0 aliphatic carbocycles. The van der Waals surface area contributed by atoms with Gasteiger partial charge in [0.2, 0.25) is 0 Å². The number of ether oxygens (including phenoxy) is 1. The first-order valence-electron chi connectivity index (χ1n) is 7.78. The molecule has 23 heavy (non-hydrogen) atoms. The van der Waals surface area contributed by atoms with E-state index < -0.39 is 5.54 Å². The summed E-state index contributed by atoms with van der Waals surface area (Å²) in [6, 6.07) is 3.25. The third kappa shape index (κ3) is 2.03. The van der Waals surface area contributed by atoms with E-state index >= 15 is 0 Å². The van der Waals surface area contributed by atoms with Crippen LogP contribution in [0.4, 0.5) is 0 Å². The van der Waals surface area contributed by atoms with Gasteiger partial charge in [-0.1, -0.05) is 5.21 Å². The van der Waals surface area contributed by atoms with Crippen LogP contribution in [-0.4, -0.2) is 38.6 Å². The SMILES string of the molecule is CC(C)(C)n1nnc2cc3c(cc2c1=O)OC1CCCN1C3=O. The van der Waals surface area contributed by atoms with Gasteiger partial charge < -0.3 is 9.64 Å². The molecule has 1 amide bonds. The molecule has 1 atom stereocenters. The molecule has 0 bridgehead atoms. The molecule has 1 fully saturated rings. The van der Waals surface area contributed by atoms with Crippen molar-refractivity contribution in [2.45, 2.75) is 45.4 Å². The number of hydrogen-bond acceptors (Lipinski definition) is 5. The molecular formula is C16H18N4O3. The van der Waals surface area contributed by atoms with Gasteiger partial charge in [0.05, 0.1) is 16.5 Å². The summed E-state index contributed by atoms with van der Waals surface area (Å²) in [5.41, 5.74) is 0.185. The molecule has 4 rings (SSSR count). The largest absolute Gasteiger partial charge is 0.470 e. The molecule has 1 saturated heterocycles. The number of hydrogen-bond donors (Lipinski definition) is 0. The van der Waals surface area contributed by atoms with Gasteiger partial charge in [-0.25, -0.2) is 4.68 Å². The Bertz CT molecular complexity index is 881. The second-order valence-corrected chi connectivity index (χ2v) is 7.06. The lowest BCUT2D eigenvalue weighted by atomic mass is 10.1. The van der Waals surface area contributed by atoms with Crippen LogP contribution in [0.25, 0.3) is 10.9 Å². The quantitative estimate of drug-likeness (QED) is 0.736. The van der Waals surface area contributed by atoms with Crippen molar-refractivity contribution in [3.05, 3.63) is 28.0 Å². The fraction of sp³-hybridized carbons (Fsp3) is 0.500. The highest BCUT2D eigenvalue weighted by atomic mass is 16.5. The normalized spacial score (nSPS) is 20.4. The van der Waals surface area contributed by atoms with Gasteiger partial charge in [0.15, 0.2) is 6.23 Å². The fourth-order valence-electron chi connectivity index (χ4n) is 3.17. The van der Waals surface area contributed by atoms with Gasteiger partial charge in [0.25, 0.3) is 11.5 Å². The molecule has 2 aliphatic heterocycles. The summed E-state index contributed by atoms with van der Waals surface area (Å²) < 4.78 is 7.28. The van der Waals surface area contributed by atoms with Gasteiger partial charge >= 0.3 is 0 Å². The van der Waals surface area contributed by atoms with Crippen molar-refractivity contribution in [1.82, 2.24) is 19.9 Å². The lowest BCUT2D eigenvalue weighted by molar-refractivity contribution is 0.0295. The van der Waals surface area contributed by atoms with Gasteiger partial charge in [-0.3, -0.25) is 9.59 Å². The van der Waals surface area contributed by atoms with Gasteiger partial charge in [0.1, 0.15) is 11.3 Å². The molecule has 1 aromatic carbocycles. The van der Waals surface area contributed by atoms with Crippen LogP contribution < -0.4 is 10.3 Å². The Balaban J connectivity index is 1.93. The van der Waals surface area contributed by atoms with Crippen molar-refractivity contribution in [2.24, 2.45) is 0 Å². The predicted octanol–water partition coefficient (Wildman–Crippen LogP) is 1.50. The maximum absolute atomic E-state index is 12.7. The number of rotatable bonds is 0. The van der Waals surface area contributed by atoms with Crippen LogP contribution in [0, 0.1) is 0 Å². The van der Waals surface area contributed by atoms with Crippen LogP contribution >= 0.6 is 0 Å². The number of nitrogens with zero attached hydrogens (tertiary/aromatic N) is 4. The van der Waals surface area contributed by atoms with E-state index in [9.17, 15) is 9.59 Å². The van der Waals surface area contributed by atoms with Gasteiger partial charge in [0, 0.05) is 13.0 Å². The summed E-state index contributed by atoms with van der Waals surface area (Å²) in [6.45, 7) is 6.38. The van der Waals surface area contributed by atoms with E-state index in [0.717, 1.165) is 12.8 Å². The number of fused-ring (bicyclic) bond motifs is 3. The number of carbonyl (C=O) groups excluding carboxylic acids is 1. The molecule has 0 saturated carbocycles. The standard InChI is InChI=1S/C16H18N4O3/c1-16(2,3)20-15(22)9-8-12-10(7-11(9)17-18-20)14(21)19-6-4-5-13(19)23-12/h7-8,13H,4-6H2,1-3H3. The highest BCUT2D eigenvalue weighted by Gasteiger charge is 2.37. The Morgan fingerprint density at radius 2 is 2.04 bits per heavy atom. The molecule has 0 radical (unpaired) electrons. The maximum Gasteiger partial charge on any atom is 0.278 e. The van der Waals surface area contributed by atoms with E-state index in [1.165, 1.54) is 4.68 Å². The number of aromatic nitrogens is 3. The summed E-state index contributed by atoms with van der Waals surface area (Å²) in [5.74, 6) is 0.411. The molecule has 2 aliphatic rings. The Hall–Kier alpha value is -2.44. The Morgan fingerprint density at radius 1 is 1.26 bits per heavy atom. The van der Waals surface area contributed by atoms with Crippen molar-refractivity contribution in [3.8, 4) is 5.75 Å². The molecule has 7 heteroatoms. The number of amides is 1. The molecule has 0 spiro atoms. The lowest BCUT2D eigenvalue weighted by Gasteiger charge is -2.31. The Morgan fingerprint density at radius 3 is 2.78 bits per heavy atom. The monoisotopic (exact) mass is 314 g/mol. The van der Waals surface area contributed by atoms with Crippen molar-refractivity contribution >= 4 is 16.8 Å². The van der Waals surface area contributed by atoms with E-state index in [0.29, 0.717) is 28.8 Å². The van der Waals surface area contributed by atoms with E-state index in [-0.39, 0.29) is 17.7 Å². The first-order chi connectivity index (χ1) is 10.9. The fourth-order valence-corrected chi connectivity index (χ4v) is 3.17. The highest BCUT2D eigenvalue weighted by molar-refractivity contribution is 6.01. The average molecular weight is 314 g/mol. The summed E-state index contributed by atoms with van der Waals surface area (Å²) in [6.07, 6.45) is 1.54. The van der Waals surface area contributed by atoms with Crippen molar-refractivity contribution < 1.29 is 9.53 Å². The smallest absolute Gasteiger partial charge is 0.278 e. The predicted molar refractivity (Wildman–Crippen MR) is 83.5 cm³/mol. The summed E-state index contributed by atoms with van der Waals surface area (Å²) >= 11 is 0. The third-order valence-electron chi connectivity index (χ3n) is 4.35. The average Bonchev–Trinajstić information content (AvgIpc) is 2.94. The minimum absolute atomic E-state index is 0.0579. The minimum Gasteiger partial charge on any atom is -0.470 e. The molecule has 2 aromatic rings. The zero-order chi connectivity index (χ0) is 16.4. The maximum atomic E-state index is 12.7. The topological polar surface area (TPSA) is 77.3 Å². The molecule has 1 unspecified atom stereocenters. The second kappa shape index (κ2) is 4.53. The van der Waals surface area contributed by atoms with E-state index in [2.05, 4.69) is 10.3 Å².